The van der Waals surface area contributed by atoms with Gasteiger partial charge in [0.15, 0.2) is 5.65 Å². The Morgan fingerprint density at radius 3 is 3.08 bits per heavy atom. The van der Waals surface area contributed by atoms with Crippen LogP contribution in [0.25, 0.3) is 11.0 Å². The molecule has 2 heterocycles. The fourth-order valence-electron chi connectivity index (χ4n) is 1.31. The second-order valence-corrected chi connectivity index (χ2v) is 3.17. The lowest BCUT2D eigenvalue weighted by atomic mass is 10.1. The standard InChI is InChI=1S/C9H11N3.H2/c1-6(2)8-7-4-3-5-10-9(7)12-11-8;/h3-6H,1-2H3,(H,10,11,12);1H. The van der Waals surface area contributed by atoms with Crippen molar-refractivity contribution in [3.05, 3.63) is 24.0 Å². The van der Waals surface area contributed by atoms with Crippen molar-refractivity contribution in [1.29, 1.82) is 0 Å². The first-order chi connectivity index (χ1) is 5.79. The summed E-state index contributed by atoms with van der Waals surface area (Å²) in [7, 11) is 0. The topological polar surface area (TPSA) is 41.6 Å². The highest BCUT2D eigenvalue weighted by Gasteiger charge is 2.07. The summed E-state index contributed by atoms with van der Waals surface area (Å²) in [4.78, 5) is 4.14. The van der Waals surface area contributed by atoms with Gasteiger partial charge >= 0.3 is 0 Å². The number of hydrogen-bond donors (Lipinski definition) is 1. The van der Waals surface area contributed by atoms with E-state index in [-0.39, 0.29) is 1.43 Å². The van der Waals surface area contributed by atoms with Gasteiger partial charge in [-0.3, -0.25) is 5.10 Å². The SMILES string of the molecule is CC(C)c1[nH]nc2ncccc12.[HH]. The maximum absolute atomic E-state index is 4.14. The quantitative estimate of drug-likeness (QED) is 0.701. The molecule has 0 fully saturated rings. The third kappa shape index (κ3) is 0.978. The summed E-state index contributed by atoms with van der Waals surface area (Å²) in [5, 5.41) is 8.24. The summed E-state index contributed by atoms with van der Waals surface area (Å²) in [5.74, 6) is 0.471. The molecule has 2 rings (SSSR count). The van der Waals surface area contributed by atoms with Crippen molar-refractivity contribution < 1.29 is 1.43 Å². The molecule has 0 bridgehead atoms. The normalized spacial score (nSPS) is 11.2. The van der Waals surface area contributed by atoms with Crippen molar-refractivity contribution in [3.8, 4) is 0 Å². The highest BCUT2D eigenvalue weighted by atomic mass is 15.1. The molecule has 2 aromatic rings. The van der Waals surface area contributed by atoms with Crippen LogP contribution in [0.4, 0.5) is 0 Å². The molecule has 12 heavy (non-hydrogen) atoms. The Labute approximate surface area is 72.3 Å². The van der Waals surface area contributed by atoms with Crippen LogP contribution in [0, 0.1) is 0 Å². The molecule has 0 spiro atoms. The molecule has 0 atom stereocenters. The lowest BCUT2D eigenvalue weighted by molar-refractivity contribution is 0.817. The molecule has 0 amide bonds. The number of H-pyrrole nitrogens is 1. The Morgan fingerprint density at radius 1 is 1.50 bits per heavy atom. The van der Waals surface area contributed by atoms with E-state index in [0.717, 1.165) is 16.7 Å². The Balaban J connectivity index is 0.000000845. The summed E-state index contributed by atoms with van der Waals surface area (Å²) >= 11 is 0. The van der Waals surface area contributed by atoms with Crippen LogP contribution in [0.3, 0.4) is 0 Å². The summed E-state index contributed by atoms with van der Waals surface area (Å²) in [6.07, 6.45) is 1.76. The second kappa shape index (κ2) is 2.59. The molecule has 64 valence electrons. The minimum Gasteiger partial charge on any atom is -0.279 e. The average Bonchev–Trinajstić information content (AvgIpc) is 2.47. The van der Waals surface area contributed by atoms with Crippen molar-refractivity contribution >= 4 is 11.0 Å². The largest absolute Gasteiger partial charge is 0.279 e. The van der Waals surface area contributed by atoms with Crippen molar-refractivity contribution in [3.63, 3.8) is 0 Å². The van der Waals surface area contributed by atoms with Gasteiger partial charge in [-0.05, 0) is 18.1 Å². The van der Waals surface area contributed by atoms with E-state index >= 15 is 0 Å². The van der Waals surface area contributed by atoms with Crippen LogP contribution in [0.2, 0.25) is 0 Å². The summed E-state index contributed by atoms with van der Waals surface area (Å²) < 4.78 is 0. The van der Waals surface area contributed by atoms with Gasteiger partial charge in [0.1, 0.15) is 0 Å². The molecule has 2 aromatic heterocycles. The van der Waals surface area contributed by atoms with Crippen molar-refractivity contribution in [2.24, 2.45) is 0 Å². The molecule has 0 aliphatic rings. The average molecular weight is 163 g/mol. The van der Waals surface area contributed by atoms with Gasteiger partial charge in [0, 0.05) is 18.7 Å². The maximum atomic E-state index is 4.14. The molecule has 0 aliphatic heterocycles. The summed E-state index contributed by atoms with van der Waals surface area (Å²) in [6.45, 7) is 4.28. The Bertz CT molecular complexity index is 394. The van der Waals surface area contributed by atoms with Gasteiger partial charge in [-0.2, -0.15) is 5.10 Å². The van der Waals surface area contributed by atoms with Crippen molar-refractivity contribution in [2.45, 2.75) is 19.8 Å². The van der Waals surface area contributed by atoms with Gasteiger partial charge in [0.2, 0.25) is 0 Å². The molecule has 0 aliphatic carbocycles. The zero-order valence-electron chi connectivity index (χ0n) is 7.20. The second-order valence-electron chi connectivity index (χ2n) is 3.17. The van der Waals surface area contributed by atoms with E-state index in [9.17, 15) is 0 Å². The molecule has 0 unspecified atom stereocenters. The summed E-state index contributed by atoms with van der Waals surface area (Å²) in [6, 6.07) is 3.98. The van der Waals surface area contributed by atoms with Crippen LogP contribution >= 0.6 is 0 Å². The first-order valence-electron chi connectivity index (χ1n) is 4.08. The molecule has 0 saturated heterocycles. The van der Waals surface area contributed by atoms with Gasteiger partial charge in [-0.25, -0.2) is 4.98 Å². The minimum atomic E-state index is 0. The number of rotatable bonds is 1. The number of hydrogen-bond acceptors (Lipinski definition) is 2. The maximum Gasteiger partial charge on any atom is 0.181 e. The first-order valence-corrected chi connectivity index (χ1v) is 4.08. The number of aromatic amines is 1. The zero-order chi connectivity index (χ0) is 8.55. The van der Waals surface area contributed by atoms with Crippen LogP contribution in [-0.4, -0.2) is 15.2 Å². The van der Waals surface area contributed by atoms with Crippen LogP contribution < -0.4 is 0 Å². The Kier molecular flexibility index (Phi) is 1.57. The van der Waals surface area contributed by atoms with E-state index in [1.54, 1.807) is 6.20 Å². The highest BCUT2D eigenvalue weighted by Crippen LogP contribution is 2.20. The summed E-state index contributed by atoms with van der Waals surface area (Å²) in [5.41, 5.74) is 1.97. The van der Waals surface area contributed by atoms with E-state index in [0.29, 0.717) is 5.92 Å². The van der Waals surface area contributed by atoms with E-state index in [1.807, 2.05) is 12.1 Å². The van der Waals surface area contributed by atoms with Gasteiger partial charge in [-0.15, -0.1) is 0 Å². The van der Waals surface area contributed by atoms with Crippen LogP contribution in [0.15, 0.2) is 18.3 Å². The smallest absolute Gasteiger partial charge is 0.181 e. The molecule has 1 N–H and O–H groups in total. The van der Waals surface area contributed by atoms with E-state index in [1.165, 1.54) is 0 Å². The number of fused-ring (bicyclic) bond motifs is 1. The number of nitrogens with zero attached hydrogens (tertiary/aromatic N) is 2. The number of nitrogens with one attached hydrogen (secondary N) is 1. The third-order valence-corrected chi connectivity index (χ3v) is 1.94. The number of aromatic nitrogens is 3. The van der Waals surface area contributed by atoms with E-state index in [4.69, 9.17) is 0 Å². The van der Waals surface area contributed by atoms with Crippen LogP contribution in [-0.2, 0) is 0 Å². The first kappa shape index (κ1) is 7.28. The van der Waals surface area contributed by atoms with Gasteiger partial charge in [0.25, 0.3) is 0 Å². The van der Waals surface area contributed by atoms with Crippen LogP contribution in [0.5, 0.6) is 0 Å². The predicted octanol–water partition coefficient (Wildman–Crippen LogP) is 2.33. The monoisotopic (exact) mass is 163 g/mol. The predicted molar refractivity (Wildman–Crippen MR) is 50.1 cm³/mol. The minimum absolute atomic E-state index is 0. The lowest BCUT2D eigenvalue weighted by Gasteiger charge is -1.99. The fraction of sp³-hybridized carbons (Fsp3) is 0.333. The van der Waals surface area contributed by atoms with E-state index in [2.05, 4.69) is 29.0 Å². The van der Waals surface area contributed by atoms with E-state index < -0.39 is 0 Å². The van der Waals surface area contributed by atoms with Gasteiger partial charge in [0.05, 0.1) is 0 Å². The molecular weight excluding hydrogens is 150 g/mol. The molecule has 0 aromatic carbocycles. The number of pyridine rings is 1. The molecular formula is C9H13N3. The third-order valence-electron chi connectivity index (χ3n) is 1.94. The van der Waals surface area contributed by atoms with Gasteiger partial charge in [-0.1, -0.05) is 13.8 Å². The van der Waals surface area contributed by atoms with Gasteiger partial charge < -0.3 is 0 Å². The molecule has 0 radical (unpaired) electrons. The molecule has 0 saturated carbocycles. The highest BCUT2D eigenvalue weighted by molar-refractivity contribution is 5.77. The van der Waals surface area contributed by atoms with Crippen molar-refractivity contribution in [2.75, 3.05) is 0 Å². The Morgan fingerprint density at radius 2 is 2.33 bits per heavy atom. The Hall–Kier alpha value is -1.38. The van der Waals surface area contributed by atoms with Crippen molar-refractivity contribution in [1.82, 2.24) is 15.2 Å². The lowest BCUT2D eigenvalue weighted by Crippen LogP contribution is -1.87. The van der Waals surface area contributed by atoms with Crippen LogP contribution in [0.1, 0.15) is 26.9 Å². The zero-order valence-corrected chi connectivity index (χ0v) is 7.20. The molecule has 3 nitrogen and oxygen atoms in total. The molecule has 3 heteroatoms. The fourth-order valence-corrected chi connectivity index (χ4v) is 1.31.